The maximum atomic E-state index is 12.8. The number of thiazole rings is 1. The smallest absolute Gasteiger partial charge is 0.211 e. The quantitative estimate of drug-likeness (QED) is 0.762. The molecule has 0 spiro atoms. The number of rotatable bonds is 4. The molecule has 0 aliphatic carbocycles. The zero-order chi connectivity index (χ0) is 15.7. The van der Waals surface area contributed by atoms with Crippen molar-refractivity contribution in [2.45, 2.75) is 19.4 Å². The second-order valence-electron chi connectivity index (χ2n) is 4.77. The molecule has 2 N–H and O–H groups in total. The van der Waals surface area contributed by atoms with E-state index in [1.165, 1.54) is 34.8 Å². The van der Waals surface area contributed by atoms with Crippen LogP contribution in [0.25, 0.3) is 0 Å². The normalized spacial score (nSPS) is 13.8. The summed E-state index contributed by atoms with van der Waals surface area (Å²) in [6.45, 7) is 3.50. The van der Waals surface area contributed by atoms with E-state index in [4.69, 9.17) is 0 Å². The highest BCUT2D eigenvalue weighted by Gasteiger charge is 2.33. The van der Waals surface area contributed by atoms with Crippen LogP contribution in [0, 0.1) is 12.7 Å². The van der Waals surface area contributed by atoms with Crippen LogP contribution < -0.4 is 5.32 Å². The van der Waals surface area contributed by atoms with Crippen molar-refractivity contribution in [2.75, 3.05) is 5.32 Å². The van der Waals surface area contributed by atoms with Gasteiger partial charge in [-0.3, -0.25) is 0 Å². The molecular weight excluding hydrogens is 325 g/mol. The van der Waals surface area contributed by atoms with Gasteiger partial charge in [-0.25, -0.2) is 14.4 Å². The van der Waals surface area contributed by atoms with Crippen LogP contribution in [-0.4, -0.2) is 25.3 Å². The van der Waals surface area contributed by atoms with Crippen LogP contribution in [0.2, 0.25) is 0 Å². The number of nitrogens with zero attached hydrogens (tertiary/aromatic N) is 4. The molecule has 0 bridgehead atoms. The first-order valence-corrected chi connectivity index (χ1v) is 8.02. The van der Waals surface area contributed by atoms with E-state index in [-0.39, 0.29) is 0 Å². The van der Waals surface area contributed by atoms with Gasteiger partial charge in [-0.15, -0.1) is 21.5 Å². The highest BCUT2D eigenvalue weighted by Crippen LogP contribution is 2.34. The highest BCUT2D eigenvalue weighted by atomic mass is 32.1. The average molecular weight is 337 g/mol. The van der Waals surface area contributed by atoms with Crippen molar-refractivity contribution in [3.63, 3.8) is 0 Å². The fourth-order valence-corrected chi connectivity index (χ4v) is 3.42. The van der Waals surface area contributed by atoms with E-state index in [9.17, 15) is 9.50 Å². The zero-order valence-corrected chi connectivity index (χ0v) is 13.4. The number of aryl methyl sites for hydroxylation is 1. The summed E-state index contributed by atoms with van der Waals surface area (Å²) in [6, 6.07) is 2.80. The molecule has 0 saturated carbocycles. The van der Waals surface area contributed by atoms with Gasteiger partial charge in [0.25, 0.3) is 0 Å². The lowest BCUT2D eigenvalue weighted by atomic mass is 10.1. The van der Waals surface area contributed by atoms with Crippen LogP contribution in [0.4, 0.5) is 15.3 Å². The van der Waals surface area contributed by atoms with E-state index in [1.807, 2.05) is 12.3 Å². The molecule has 3 aromatic heterocycles. The minimum atomic E-state index is -1.30. The van der Waals surface area contributed by atoms with Crippen LogP contribution in [0.3, 0.4) is 0 Å². The fourth-order valence-electron chi connectivity index (χ4n) is 1.70. The van der Waals surface area contributed by atoms with Gasteiger partial charge < -0.3 is 10.4 Å². The maximum absolute atomic E-state index is 12.8. The molecule has 3 heterocycles. The molecule has 1 atom stereocenters. The van der Waals surface area contributed by atoms with Crippen molar-refractivity contribution in [2.24, 2.45) is 0 Å². The topological polar surface area (TPSA) is 83.8 Å². The number of aliphatic hydroxyl groups is 1. The molecule has 3 aromatic rings. The molecule has 9 heteroatoms. The lowest BCUT2D eigenvalue weighted by Gasteiger charge is -2.16. The molecule has 3 rings (SSSR count). The molecule has 114 valence electrons. The molecular formula is C13H12FN5OS2. The van der Waals surface area contributed by atoms with Gasteiger partial charge in [0.15, 0.2) is 10.6 Å². The van der Waals surface area contributed by atoms with Crippen LogP contribution in [0.5, 0.6) is 0 Å². The molecule has 1 unspecified atom stereocenters. The lowest BCUT2D eigenvalue weighted by Crippen LogP contribution is -2.22. The summed E-state index contributed by atoms with van der Waals surface area (Å²) < 4.78 is 12.8. The Hall–Kier alpha value is -1.97. The number of halogens is 1. The molecule has 0 aromatic carbocycles. The summed E-state index contributed by atoms with van der Waals surface area (Å²) in [5.41, 5.74) is -0.453. The Morgan fingerprint density at radius 2 is 2.09 bits per heavy atom. The van der Waals surface area contributed by atoms with E-state index >= 15 is 0 Å². The molecule has 0 fully saturated rings. The largest absolute Gasteiger partial charge is 0.376 e. The zero-order valence-electron chi connectivity index (χ0n) is 11.7. The lowest BCUT2D eigenvalue weighted by molar-refractivity contribution is 0.101. The van der Waals surface area contributed by atoms with Crippen molar-refractivity contribution in [3.05, 3.63) is 45.2 Å². The Morgan fingerprint density at radius 3 is 2.73 bits per heavy atom. The molecule has 6 nitrogen and oxygen atoms in total. The number of nitrogens with one attached hydrogen (secondary N) is 1. The summed E-state index contributed by atoms with van der Waals surface area (Å²) in [5.74, 6) is 0.0411. The van der Waals surface area contributed by atoms with Gasteiger partial charge in [0, 0.05) is 11.1 Å². The van der Waals surface area contributed by atoms with Crippen LogP contribution >= 0.6 is 22.7 Å². The first kappa shape index (κ1) is 14.9. The fraction of sp³-hybridized carbons (Fsp3) is 0.231. The summed E-state index contributed by atoms with van der Waals surface area (Å²) in [5, 5.41) is 24.9. The second kappa shape index (κ2) is 5.67. The monoisotopic (exact) mass is 337 g/mol. The molecule has 0 saturated heterocycles. The van der Waals surface area contributed by atoms with Gasteiger partial charge in [0.1, 0.15) is 16.6 Å². The average Bonchev–Trinajstić information content (AvgIpc) is 3.11. The summed E-state index contributed by atoms with van der Waals surface area (Å²) in [7, 11) is 0. The van der Waals surface area contributed by atoms with Crippen molar-refractivity contribution < 1.29 is 9.50 Å². The van der Waals surface area contributed by atoms with Gasteiger partial charge >= 0.3 is 0 Å². The van der Waals surface area contributed by atoms with Crippen molar-refractivity contribution >= 4 is 33.6 Å². The predicted molar refractivity (Wildman–Crippen MR) is 82.9 cm³/mol. The standard InChI is InChI=1S/C13H12FN5OS2/c1-7-6-21-10(16-7)13(2,20)11-18-19-12(22-11)17-9-4-3-8(14)5-15-9/h3-6,20H,1-2H3,(H,15,17,19). The van der Waals surface area contributed by atoms with E-state index in [0.29, 0.717) is 21.0 Å². The molecule has 0 aliphatic heterocycles. The summed E-state index contributed by atoms with van der Waals surface area (Å²) in [6.07, 6.45) is 1.11. The third kappa shape index (κ3) is 2.96. The van der Waals surface area contributed by atoms with Gasteiger partial charge in [-0.1, -0.05) is 11.3 Å². The van der Waals surface area contributed by atoms with E-state index < -0.39 is 11.4 Å². The highest BCUT2D eigenvalue weighted by molar-refractivity contribution is 7.15. The van der Waals surface area contributed by atoms with E-state index in [0.717, 1.165) is 11.9 Å². The SMILES string of the molecule is Cc1csc(C(C)(O)c2nnc(Nc3ccc(F)cn3)s2)n1. The maximum Gasteiger partial charge on any atom is 0.211 e. The number of aromatic nitrogens is 4. The van der Waals surface area contributed by atoms with E-state index in [1.54, 1.807) is 6.92 Å². The van der Waals surface area contributed by atoms with Gasteiger partial charge in [0.05, 0.1) is 6.20 Å². The minimum absolute atomic E-state index is 0.412. The number of hydrogen-bond donors (Lipinski definition) is 2. The van der Waals surface area contributed by atoms with Crippen LogP contribution in [0.1, 0.15) is 22.6 Å². The first-order valence-electron chi connectivity index (χ1n) is 6.32. The van der Waals surface area contributed by atoms with E-state index in [2.05, 4.69) is 25.5 Å². The van der Waals surface area contributed by atoms with Gasteiger partial charge in [-0.2, -0.15) is 0 Å². The summed E-state index contributed by atoms with van der Waals surface area (Å²) in [4.78, 5) is 8.18. The number of pyridine rings is 1. The Bertz CT molecular complexity index is 784. The summed E-state index contributed by atoms with van der Waals surface area (Å²) >= 11 is 2.56. The minimum Gasteiger partial charge on any atom is -0.376 e. The molecule has 22 heavy (non-hydrogen) atoms. The van der Waals surface area contributed by atoms with Crippen molar-refractivity contribution in [1.29, 1.82) is 0 Å². The molecule has 0 amide bonds. The third-order valence-corrected chi connectivity index (χ3v) is 5.06. The van der Waals surface area contributed by atoms with Gasteiger partial charge in [0.2, 0.25) is 5.13 Å². The molecule has 0 radical (unpaired) electrons. The first-order chi connectivity index (χ1) is 10.4. The third-order valence-electron chi connectivity index (χ3n) is 2.84. The Morgan fingerprint density at radius 1 is 1.27 bits per heavy atom. The van der Waals surface area contributed by atoms with Crippen LogP contribution in [-0.2, 0) is 5.60 Å². The second-order valence-corrected chi connectivity index (χ2v) is 6.60. The van der Waals surface area contributed by atoms with Crippen molar-refractivity contribution in [3.8, 4) is 0 Å². The van der Waals surface area contributed by atoms with Crippen LogP contribution in [0.15, 0.2) is 23.7 Å². The Kier molecular flexibility index (Phi) is 3.85. The number of anilines is 2. The number of hydrogen-bond acceptors (Lipinski definition) is 8. The van der Waals surface area contributed by atoms with Gasteiger partial charge in [-0.05, 0) is 26.0 Å². The predicted octanol–water partition coefficient (Wildman–Crippen LogP) is 2.84. The Labute approximate surface area is 133 Å². The van der Waals surface area contributed by atoms with Crippen molar-refractivity contribution in [1.82, 2.24) is 20.2 Å². The molecule has 0 aliphatic rings. The Balaban J connectivity index is 1.82.